The largest absolute Gasteiger partial charge is 0.274 e. The molecular formula is C10H6N2O3. The topological polar surface area (TPSA) is 84.0 Å². The lowest BCUT2D eigenvalue weighted by atomic mass is 9.99. The van der Waals surface area contributed by atoms with Gasteiger partial charge in [0.05, 0.1) is 16.6 Å². The monoisotopic (exact) mass is 202 g/mol. The van der Waals surface area contributed by atoms with Gasteiger partial charge in [0, 0.05) is 12.1 Å². The summed E-state index contributed by atoms with van der Waals surface area (Å²) in [6.45, 7) is 0. The van der Waals surface area contributed by atoms with Crippen LogP contribution in [0.25, 0.3) is 0 Å². The van der Waals surface area contributed by atoms with Gasteiger partial charge in [0.2, 0.25) is 0 Å². The zero-order valence-electron chi connectivity index (χ0n) is 7.58. The molecule has 1 atom stereocenters. The first-order valence-electron chi connectivity index (χ1n) is 4.04. The number of para-hydroxylation sites is 1. The predicted octanol–water partition coefficient (Wildman–Crippen LogP) is 1.59. The highest BCUT2D eigenvalue weighted by Gasteiger charge is 2.19. The molecule has 0 N–H and O–H groups in total. The van der Waals surface area contributed by atoms with Gasteiger partial charge in [0.1, 0.15) is 11.9 Å². The van der Waals surface area contributed by atoms with E-state index in [0.717, 1.165) is 6.08 Å². The van der Waals surface area contributed by atoms with Crippen LogP contribution in [0, 0.1) is 21.4 Å². The van der Waals surface area contributed by atoms with E-state index in [2.05, 4.69) is 0 Å². The van der Waals surface area contributed by atoms with Crippen LogP contribution >= 0.6 is 0 Å². The number of carbonyl (C=O) groups excluding carboxylic acids is 1. The molecule has 0 saturated heterocycles. The highest BCUT2D eigenvalue weighted by Crippen LogP contribution is 2.26. The van der Waals surface area contributed by atoms with E-state index in [4.69, 9.17) is 5.26 Å². The number of nitrogens with zero attached hydrogens (tertiary/aromatic N) is 2. The van der Waals surface area contributed by atoms with Gasteiger partial charge in [-0.05, 0) is 0 Å². The van der Waals surface area contributed by atoms with Gasteiger partial charge >= 0.3 is 0 Å². The highest BCUT2D eigenvalue weighted by molar-refractivity contribution is 5.55. The maximum atomic E-state index is 10.6. The van der Waals surface area contributed by atoms with E-state index < -0.39 is 10.8 Å². The molecule has 1 aromatic rings. The number of allylic oxidation sites excluding steroid dienone is 1. The van der Waals surface area contributed by atoms with Gasteiger partial charge in [-0.15, -0.1) is 0 Å². The van der Waals surface area contributed by atoms with Gasteiger partial charge in [-0.1, -0.05) is 18.2 Å². The lowest BCUT2D eigenvalue weighted by molar-refractivity contribution is -0.385. The molecule has 15 heavy (non-hydrogen) atoms. The summed E-state index contributed by atoms with van der Waals surface area (Å²) in [5, 5.41) is 19.4. The van der Waals surface area contributed by atoms with Crippen molar-refractivity contribution in [2.45, 2.75) is 5.92 Å². The van der Waals surface area contributed by atoms with E-state index >= 15 is 0 Å². The van der Waals surface area contributed by atoms with Crippen LogP contribution in [0.15, 0.2) is 30.3 Å². The van der Waals surface area contributed by atoms with E-state index in [-0.39, 0.29) is 11.3 Å². The normalized spacial score (nSPS) is 10.9. The second-order valence-electron chi connectivity index (χ2n) is 2.71. The molecule has 0 heterocycles. The molecule has 1 rings (SSSR count). The van der Waals surface area contributed by atoms with Gasteiger partial charge in [-0.2, -0.15) is 5.26 Å². The standard InChI is InChI=1S/C10H6N2O3/c11-7-8(5-6-13)9-3-1-2-4-10(9)12(14)15/h1-5,8H. The Balaban J connectivity index is 3.29. The van der Waals surface area contributed by atoms with Crippen molar-refractivity contribution in [3.05, 3.63) is 46.0 Å². The third kappa shape index (κ3) is 2.27. The van der Waals surface area contributed by atoms with Crippen molar-refractivity contribution in [3.63, 3.8) is 0 Å². The average Bonchev–Trinajstić information content (AvgIpc) is 2.26. The van der Waals surface area contributed by atoms with Crippen molar-refractivity contribution in [1.29, 1.82) is 5.26 Å². The van der Waals surface area contributed by atoms with Gasteiger partial charge in [0.25, 0.3) is 5.69 Å². The summed E-state index contributed by atoms with van der Waals surface area (Å²) in [7, 11) is 0. The molecule has 0 saturated carbocycles. The lowest BCUT2D eigenvalue weighted by Gasteiger charge is -2.02. The third-order valence-corrected chi connectivity index (χ3v) is 1.84. The average molecular weight is 202 g/mol. The van der Waals surface area contributed by atoms with Crippen LogP contribution in [-0.4, -0.2) is 10.9 Å². The van der Waals surface area contributed by atoms with E-state index in [0.29, 0.717) is 0 Å². The van der Waals surface area contributed by atoms with E-state index in [9.17, 15) is 14.9 Å². The third-order valence-electron chi connectivity index (χ3n) is 1.84. The molecule has 0 spiro atoms. The molecule has 0 aliphatic rings. The maximum absolute atomic E-state index is 10.6. The molecule has 0 fully saturated rings. The van der Waals surface area contributed by atoms with Crippen molar-refractivity contribution >= 4 is 11.6 Å². The summed E-state index contributed by atoms with van der Waals surface area (Å²) in [4.78, 5) is 20.2. The van der Waals surface area contributed by atoms with Crippen LogP contribution in [0.4, 0.5) is 5.69 Å². The van der Waals surface area contributed by atoms with E-state index in [1.54, 1.807) is 12.1 Å². The minimum absolute atomic E-state index is 0.171. The summed E-state index contributed by atoms with van der Waals surface area (Å²) < 4.78 is 0. The molecule has 74 valence electrons. The Bertz CT molecular complexity index is 470. The smallest absolute Gasteiger partial charge is 0.258 e. The van der Waals surface area contributed by atoms with Crippen LogP contribution in [-0.2, 0) is 4.79 Å². The highest BCUT2D eigenvalue weighted by atomic mass is 16.6. The van der Waals surface area contributed by atoms with E-state index in [1.807, 2.05) is 0 Å². The van der Waals surface area contributed by atoms with Gasteiger partial charge < -0.3 is 0 Å². The fourth-order valence-electron chi connectivity index (χ4n) is 1.18. The Hall–Kier alpha value is -2.44. The van der Waals surface area contributed by atoms with Crippen LogP contribution in [0.5, 0.6) is 0 Å². The SMILES string of the molecule is N#CC(C=C=O)c1ccccc1[N+](=O)[O-]. The van der Waals surface area contributed by atoms with Crippen LogP contribution in [0.2, 0.25) is 0 Å². The number of hydrogen-bond donors (Lipinski definition) is 0. The van der Waals surface area contributed by atoms with Gasteiger partial charge in [-0.3, -0.25) is 10.1 Å². The molecule has 5 heteroatoms. The Morgan fingerprint density at radius 1 is 1.47 bits per heavy atom. The Morgan fingerprint density at radius 3 is 2.67 bits per heavy atom. The minimum atomic E-state index is -0.927. The number of hydrogen-bond acceptors (Lipinski definition) is 4. The van der Waals surface area contributed by atoms with Crippen LogP contribution in [0.3, 0.4) is 0 Å². The zero-order valence-corrected chi connectivity index (χ0v) is 7.58. The predicted molar refractivity (Wildman–Crippen MR) is 51.7 cm³/mol. The quantitative estimate of drug-likeness (QED) is 0.423. The number of rotatable bonds is 3. The zero-order chi connectivity index (χ0) is 11.3. The fraction of sp³-hybridized carbons (Fsp3) is 0.100. The second-order valence-corrected chi connectivity index (χ2v) is 2.71. The van der Waals surface area contributed by atoms with Crippen molar-refractivity contribution < 1.29 is 9.72 Å². The molecule has 0 amide bonds. The minimum Gasteiger partial charge on any atom is -0.258 e. The molecule has 0 aliphatic carbocycles. The molecule has 0 aliphatic heterocycles. The number of nitro benzene ring substituents is 1. The number of nitriles is 1. The Kier molecular flexibility index (Phi) is 3.33. The molecule has 0 bridgehead atoms. The van der Waals surface area contributed by atoms with E-state index in [1.165, 1.54) is 24.1 Å². The van der Waals surface area contributed by atoms with Crippen molar-refractivity contribution in [2.75, 3.05) is 0 Å². The second kappa shape index (κ2) is 4.70. The van der Waals surface area contributed by atoms with Crippen molar-refractivity contribution in [3.8, 4) is 6.07 Å². The fourth-order valence-corrected chi connectivity index (χ4v) is 1.18. The molecule has 0 aromatic heterocycles. The molecule has 0 radical (unpaired) electrons. The van der Waals surface area contributed by atoms with Gasteiger partial charge in [0.15, 0.2) is 0 Å². The Morgan fingerprint density at radius 2 is 2.13 bits per heavy atom. The molecule has 1 unspecified atom stereocenters. The number of benzene rings is 1. The van der Waals surface area contributed by atoms with Gasteiger partial charge in [-0.25, -0.2) is 4.79 Å². The van der Waals surface area contributed by atoms with Crippen LogP contribution < -0.4 is 0 Å². The first-order valence-corrected chi connectivity index (χ1v) is 4.04. The molecule has 5 nitrogen and oxygen atoms in total. The summed E-state index contributed by atoms with van der Waals surface area (Å²) >= 11 is 0. The number of nitro groups is 1. The maximum Gasteiger partial charge on any atom is 0.274 e. The first-order chi connectivity index (χ1) is 7.20. The Labute approximate surface area is 85.4 Å². The lowest BCUT2D eigenvalue weighted by Crippen LogP contribution is -1.98. The molecule has 1 aromatic carbocycles. The van der Waals surface area contributed by atoms with Crippen LogP contribution in [0.1, 0.15) is 11.5 Å². The summed E-state index contributed by atoms with van der Waals surface area (Å²) in [6.07, 6.45) is 0.961. The summed E-state index contributed by atoms with van der Waals surface area (Å²) in [5.74, 6) is 0.536. The van der Waals surface area contributed by atoms with Crippen molar-refractivity contribution in [1.82, 2.24) is 0 Å². The first kappa shape index (κ1) is 10.6. The molecular weight excluding hydrogens is 196 g/mol. The summed E-state index contributed by atoms with van der Waals surface area (Å²) in [6, 6.07) is 7.60. The van der Waals surface area contributed by atoms with Crippen molar-refractivity contribution in [2.24, 2.45) is 0 Å². The summed E-state index contributed by atoms with van der Waals surface area (Å²) in [5.41, 5.74) is 0.0314.